The first-order chi connectivity index (χ1) is 6.40. The van der Waals surface area contributed by atoms with Crippen molar-refractivity contribution in [3.63, 3.8) is 0 Å². The molecule has 0 amide bonds. The van der Waals surface area contributed by atoms with Gasteiger partial charge in [-0.15, -0.1) is 0 Å². The standard InChI is InChI=1S/C9H9BrN2O/c10-6-7-5-9(12-13-7)8-3-1-2-4-11-8/h1-4,7H,5-6H2/t7-/m0/s1. The van der Waals surface area contributed by atoms with Crippen LogP contribution in [0.5, 0.6) is 0 Å². The molecule has 3 nitrogen and oxygen atoms in total. The van der Waals surface area contributed by atoms with E-state index in [0.29, 0.717) is 0 Å². The zero-order chi connectivity index (χ0) is 9.10. The van der Waals surface area contributed by atoms with E-state index in [1.54, 1.807) is 6.20 Å². The Hall–Kier alpha value is -0.900. The Bertz CT molecular complexity index is 313. The van der Waals surface area contributed by atoms with Crippen LogP contribution in [0.15, 0.2) is 29.6 Å². The maximum absolute atomic E-state index is 5.17. The van der Waals surface area contributed by atoms with E-state index in [2.05, 4.69) is 26.1 Å². The third-order valence-corrected chi connectivity index (χ3v) is 2.59. The van der Waals surface area contributed by atoms with Gasteiger partial charge in [0.2, 0.25) is 0 Å². The average Bonchev–Trinajstić information content (AvgIpc) is 2.67. The highest BCUT2D eigenvalue weighted by Gasteiger charge is 2.21. The molecule has 2 heterocycles. The lowest BCUT2D eigenvalue weighted by atomic mass is 10.1. The van der Waals surface area contributed by atoms with Crippen molar-refractivity contribution in [1.29, 1.82) is 0 Å². The van der Waals surface area contributed by atoms with Gasteiger partial charge in [-0.3, -0.25) is 4.98 Å². The molecule has 68 valence electrons. The van der Waals surface area contributed by atoms with E-state index < -0.39 is 0 Å². The van der Waals surface area contributed by atoms with Crippen molar-refractivity contribution in [2.24, 2.45) is 5.16 Å². The highest BCUT2D eigenvalue weighted by Crippen LogP contribution is 2.16. The number of aromatic nitrogens is 1. The van der Waals surface area contributed by atoms with Crippen LogP contribution in [0, 0.1) is 0 Å². The highest BCUT2D eigenvalue weighted by atomic mass is 79.9. The largest absolute Gasteiger partial charge is 0.391 e. The SMILES string of the molecule is BrC[C@@H]1CC(c2ccccn2)=NO1. The Morgan fingerprint density at radius 1 is 1.54 bits per heavy atom. The van der Waals surface area contributed by atoms with Gasteiger partial charge in [0.25, 0.3) is 0 Å². The van der Waals surface area contributed by atoms with Gasteiger partial charge in [0, 0.05) is 17.9 Å². The molecule has 0 aliphatic carbocycles. The molecule has 0 bridgehead atoms. The van der Waals surface area contributed by atoms with E-state index in [1.807, 2.05) is 18.2 Å². The van der Waals surface area contributed by atoms with Crippen LogP contribution in [0.25, 0.3) is 0 Å². The van der Waals surface area contributed by atoms with Crippen molar-refractivity contribution in [2.75, 3.05) is 5.33 Å². The normalized spacial score (nSPS) is 21.0. The van der Waals surface area contributed by atoms with E-state index in [9.17, 15) is 0 Å². The van der Waals surface area contributed by atoms with E-state index in [4.69, 9.17) is 4.84 Å². The molecule has 0 unspecified atom stereocenters. The summed E-state index contributed by atoms with van der Waals surface area (Å²) in [7, 11) is 0. The van der Waals surface area contributed by atoms with Crippen molar-refractivity contribution < 1.29 is 4.84 Å². The molecule has 1 aliphatic heterocycles. The van der Waals surface area contributed by atoms with Gasteiger partial charge in [0.15, 0.2) is 0 Å². The van der Waals surface area contributed by atoms with Crippen LogP contribution in [-0.4, -0.2) is 22.1 Å². The quantitative estimate of drug-likeness (QED) is 0.742. The number of rotatable bonds is 2. The summed E-state index contributed by atoms with van der Waals surface area (Å²) < 4.78 is 0. The molecule has 0 saturated carbocycles. The van der Waals surface area contributed by atoms with Gasteiger partial charge in [0.05, 0.1) is 5.69 Å². The molecule has 1 aromatic heterocycles. The number of pyridine rings is 1. The van der Waals surface area contributed by atoms with Gasteiger partial charge in [0.1, 0.15) is 11.8 Å². The number of oxime groups is 1. The highest BCUT2D eigenvalue weighted by molar-refractivity contribution is 9.09. The summed E-state index contributed by atoms with van der Waals surface area (Å²) in [6.45, 7) is 0. The van der Waals surface area contributed by atoms with Gasteiger partial charge >= 0.3 is 0 Å². The topological polar surface area (TPSA) is 34.5 Å². The zero-order valence-corrected chi connectivity index (χ0v) is 8.57. The van der Waals surface area contributed by atoms with Crippen molar-refractivity contribution >= 4 is 21.6 Å². The first-order valence-corrected chi connectivity index (χ1v) is 5.22. The molecule has 0 spiro atoms. The van der Waals surface area contributed by atoms with Gasteiger partial charge in [-0.2, -0.15) is 0 Å². The van der Waals surface area contributed by atoms with Gasteiger partial charge in [-0.25, -0.2) is 0 Å². The molecule has 0 saturated heterocycles. The fourth-order valence-electron chi connectivity index (χ4n) is 1.20. The van der Waals surface area contributed by atoms with Crippen LogP contribution in [0.4, 0.5) is 0 Å². The molecule has 0 fully saturated rings. The summed E-state index contributed by atoms with van der Waals surface area (Å²) >= 11 is 3.36. The Labute approximate surface area is 84.9 Å². The van der Waals surface area contributed by atoms with Crippen LogP contribution >= 0.6 is 15.9 Å². The van der Waals surface area contributed by atoms with Gasteiger partial charge < -0.3 is 4.84 Å². The number of hydrogen-bond donors (Lipinski definition) is 0. The van der Waals surface area contributed by atoms with E-state index in [-0.39, 0.29) is 6.10 Å². The van der Waals surface area contributed by atoms with Gasteiger partial charge in [-0.1, -0.05) is 27.2 Å². The van der Waals surface area contributed by atoms with Crippen molar-refractivity contribution in [1.82, 2.24) is 4.98 Å². The minimum absolute atomic E-state index is 0.164. The van der Waals surface area contributed by atoms with Crippen LogP contribution < -0.4 is 0 Å². The second kappa shape index (κ2) is 3.87. The van der Waals surface area contributed by atoms with Crippen LogP contribution in [0.1, 0.15) is 12.1 Å². The fraction of sp³-hybridized carbons (Fsp3) is 0.333. The molecule has 1 aliphatic rings. The number of nitrogens with zero attached hydrogens (tertiary/aromatic N) is 2. The molecule has 1 atom stereocenters. The lowest BCUT2D eigenvalue weighted by Gasteiger charge is -2.00. The Balaban J connectivity index is 2.12. The first-order valence-electron chi connectivity index (χ1n) is 4.10. The monoisotopic (exact) mass is 240 g/mol. The number of alkyl halides is 1. The summed E-state index contributed by atoms with van der Waals surface area (Å²) in [4.78, 5) is 9.37. The molecule has 0 N–H and O–H groups in total. The Morgan fingerprint density at radius 3 is 3.08 bits per heavy atom. The van der Waals surface area contributed by atoms with Crippen molar-refractivity contribution in [3.05, 3.63) is 30.1 Å². The number of hydrogen-bond acceptors (Lipinski definition) is 3. The molecule has 4 heteroatoms. The first kappa shape index (κ1) is 8.69. The van der Waals surface area contributed by atoms with Gasteiger partial charge in [-0.05, 0) is 12.1 Å². The molecule has 13 heavy (non-hydrogen) atoms. The van der Waals surface area contributed by atoms with Crippen LogP contribution in [0.2, 0.25) is 0 Å². The molecular weight excluding hydrogens is 232 g/mol. The third-order valence-electron chi connectivity index (χ3n) is 1.87. The minimum atomic E-state index is 0.164. The molecule has 0 radical (unpaired) electrons. The van der Waals surface area contributed by atoms with Crippen LogP contribution in [-0.2, 0) is 4.84 Å². The summed E-state index contributed by atoms with van der Waals surface area (Å²) in [5.74, 6) is 0. The number of halogens is 1. The average molecular weight is 241 g/mol. The maximum Gasteiger partial charge on any atom is 0.142 e. The maximum atomic E-state index is 5.17. The molecule has 2 rings (SSSR count). The fourth-order valence-corrected chi connectivity index (χ4v) is 1.54. The Kier molecular flexibility index (Phi) is 2.59. The minimum Gasteiger partial charge on any atom is -0.391 e. The summed E-state index contributed by atoms with van der Waals surface area (Å²) in [5.41, 5.74) is 1.84. The van der Waals surface area contributed by atoms with Crippen LogP contribution in [0.3, 0.4) is 0 Å². The lowest BCUT2D eigenvalue weighted by molar-refractivity contribution is 0.104. The summed E-state index contributed by atoms with van der Waals surface area (Å²) in [6, 6.07) is 5.78. The third kappa shape index (κ3) is 1.88. The smallest absolute Gasteiger partial charge is 0.142 e. The molecule has 0 aromatic carbocycles. The van der Waals surface area contributed by atoms with E-state index in [1.165, 1.54) is 0 Å². The van der Waals surface area contributed by atoms with Crippen molar-refractivity contribution in [3.8, 4) is 0 Å². The second-order valence-electron chi connectivity index (χ2n) is 2.84. The summed E-state index contributed by atoms with van der Waals surface area (Å²) in [5, 5.41) is 4.79. The van der Waals surface area contributed by atoms with E-state index >= 15 is 0 Å². The zero-order valence-electron chi connectivity index (χ0n) is 6.98. The predicted molar refractivity (Wildman–Crippen MR) is 54.1 cm³/mol. The molecule has 1 aromatic rings. The predicted octanol–water partition coefficient (Wildman–Crippen LogP) is 1.97. The Morgan fingerprint density at radius 2 is 2.46 bits per heavy atom. The lowest BCUT2D eigenvalue weighted by Crippen LogP contribution is -2.09. The second-order valence-corrected chi connectivity index (χ2v) is 3.49. The van der Waals surface area contributed by atoms with E-state index in [0.717, 1.165) is 23.2 Å². The molecular formula is C9H9BrN2O. The summed E-state index contributed by atoms with van der Waals surface area (Å²) in [6.07, 6.45) is 2.76. The van der Waals surface area contributed by atoms with Crippen molar-refractivity contribution in [2.45, 2.75) is 12.5 Å².